The van der Waals surface area contributed by atoms with E-state index in [0.717, 1.165) is 37.7 Å². The summed E-state index contributed by atoms with van der Waals surface area (Å²) in [6, 6.07) is 0. The van der Waals surface area contributed by atoms with Crippen LogP contribution in [0.25, 0.3) is 11.5 Å². The number of H-pyrrole nitrogens is 1. The summed E-state index contributed by atoms with van der Waals surface area (Å²) in [5, 5.41) is 7.25. The third kappa shape index (κ3) is 2.46. The number of hydrogen-bond donors (Lipinski definition) is 2. The summed E-state index contributed by atoms with van der Waals surface area (Å²) in [4.78, 5) is 11.0. The van der Waals surface area contributed by atoms with Crippen molar-refractivity contribution in [2.24, 2.45) is 18.7 Å². The number of aromatic nitrogens is 5. The Kier molecular flexibility index (Phi) is 3.20. The summed E-state index contributed by atoms with van der Waals surface area (Å²) >= 11 is 0. The van der Waals surface area contributed by atoms with Crippen LogP contribution in [0.2, 0.25) is 0 Å². The molecular formula is C12H19N7. The van der Waals surface area contributed by atoms with Gasteiger partial charge < -0.3 is 15.2 Å². The normalized spacial score (nSPS) is 19.9. The number of aryl methyl sites for hydroxylation is 1. The average Bonchev–Trinajstić information content (AvgIpc) is 3.07. The highest BCUT2D eigenvalue weighted by Gasteiger charge is 2.22. The van der Waals surface area contributed by atoms with Crippen LogP contribution in [0.15, 0.2) is 12.5 Å². The molecule has 0 amide bonds. The van der Waals surface area contributed by atoms with Crippen molar-refractivity contribution in [1.82, 2.24) is 24.7 Å². The Morgan fingerprint density at radius 2 is 2.42 bits per heavy atom. The number of hydrogen-bond acceptors (Lipinski definition) is 5. The van der Waals surface area contributed by atoms with Crippen molar-refractivity contribution in [3.8, 4) is 11.5 Å². The van der Waals surface area contributed by atoms with Gasteiger partial charge in [0.25, 0.3) is 0 Å². The molecule has 7 nitrogen and oxygen atoms in total. The zero-order valence-electron chi connectivity index (χ0n) is 11.1. The van der Waals surface area contributed by atoms with Crippen molar-refractivity contribution in [3.63, 3.8) is 0 Å². The molecule has 0 spiro atoms. The van der Waals surface area contributed by atoms with Gasteiger partial charge in [-0.15, -0.1) is 5.10 Å². The summed E-state index contributed by atoms with van der Waals surface area (Å²) in [6.45, 7) is 2.67. The molecule has 3 N–H and O–H groups in total. The molecule has 7 heteroatoms. The Bertz CT molecular complexity index is 544. The van der Waals surface area contributed by atoms with Crippen molar-refractivity contribution >= 4 is 5.95 Å². The van der Waals surface area contributed by atoms with Crippen molar-refractivity contribution in [1.29, 1.82) is 0 Å². The Hall–Kier alpha value is -1.89. The van der Waals surface area contributed by atoms with Gasteiger partial charge in [-0.05, 0) is 25.3 Å². The Morgan fingerprint density at radius 3 is 3.16 bits per heavy atom. The Labute approximate surface area is 111 Å². The molecule has 19 heavy (non-hydrogen) atoms. The summed E-state index contributed by atoms with van der Waals surface area (Å²) < 4.78 is 1.89. The van der Waals surface area contributed by atoms with Crippen LogP contribution in [0.4, 0.5) is 5.95 Å². The number of nitrogens with two attached hydrogens (primary N) is 1. The fourth-order valence-electron chi connectivity index (χ4n) is 2.48. The molecule has 0 saturated carbocycles. The van der Waals surface area contributed by atoms with Crippen LogP contribution in [-0.4, -0.2) is 44.4 Å². The van der Waals surface area contributed by atoms with Gasteiger partial charge in [-0.1, -0.05) is 0 Å². The van der Waals surface area contributed by atoms with Gasteiger partial charge in [0.2, 0.25) is 5.95 Å². The quantitative estimate of drug-likeness (QED) is 0.834. The Balaban J connectivity index is 1.77. The van der Waals surface area contributed by atoms with Crippen LogP contribution >= 0.6 is 0 Å². The first-order valence-electron chi connectivity index (χ1n) is 6.62. The molecule has 1 saturated heterocycles. The van der Waals surface area contributed by atoms with Crippen molar-refractivity contribution in [2.75, 3.05) is 24.5 Å². The number of imidazole rings is 1. The molecule has 3 rings (SSSR count). The molecule has 0 radical (unpaired) electrons. The third-order valence-corrected chi connectivity index (χ3v) is 3.56. The van der Waals surface area contributed by atoms with Gasteiger partial charge in [-0.2, -0.15) is 4.98 Å². The molecule has 1 aliphatic heterocycles. The van der Waals surface area contributed by atoms with Gasteiger partial charge in [-0.3, -0.25) is 5.10 Å². The van der Waals surface area contributed by atoms with E-state index in [0.29, 0.717) is 11.7 Å². The molecule has 0 bridgehead atoms. The van der Waals surface area contributed by atoms with Crippen LogP contribution in [0.1, 0.15) is 12.8 Å². The van der Waals surface area contributed by atoms with E-state index in [1.165, 1.54) is 6.42 Å². The standard InChI is InChI=1S/C12H19N7/c1-18-7-10(14-8-18)11-15-12(17-16-11)19-4-2-3-9(5-13)6-19/h7-9H,2-6,13H2,1H3,(H,15,16,17). The fourth-order valence-corrected chi connectivity index (χ4v) is 2.48. The first-order valence-corrected chi connectivity index (χ1v) is 6.62. The van der Waals surface area contributed by atoms with E-state index in [4.69, 9.17) is 5.73 Å². The summed E-state index contributed by atoms with van der Waals surface area (Å²) in [5.41, 5.74) is 6.57. The van der Waals surface area contributed by atoms with Crippen LogP contribution in [-0.2, 0) is 7.05 Å². The molecule has 2 aromatic rings. The smallest absolute Gasteiger partial charge is 0.245 e. The molecule has 1 aliphatic rings. The van der Waals surface area contributed by atoms with Crippen molar-refractivity contribution < 1.29 is 0 Å². The maximum absolute atomic E-state index is 5.75. The molecule has 102 valence electrons. The van der Waals surface area contributed by atoms with Gasteiger partial charge in [0.05, 0.1) is 6.33 Å². The first-order chi connectivity index (χ1) is 9.26. The van der Waals surface area contributed by atoms with E-state index in [2.05, 4.69) is 25.1 Å². The Morgan fingerprint density at radius 1 is 1.53 bits per heavy atom. The molecule has 2 aromatic heterocycles. The van der Waals surface area contributed by atoms with Gasteiger partial charge in [0.15, 0.2) is 5.82 Å². The van der Waals surface area contributed by atoms with Crippen LogP contribution in [0.5, 0.6) is 0 Å². The second kappa shape index (κ2) is 5.00. The number of nitrogens with zero attached hydrogens (tertiary/aromatic N) is 5. The number of rotatable bonds is 3. The highest BCUT2D eigenvalue weighted by molar-refractivity contribution is 5.50. The van der Waals surface area contributed by atoms with Crippen LogP contribution < -0.4 is 10.6 Å². The summed E-state index contributed by atoms with van der Waals surface area (Å²) in [7, 11) is 1.93. The lowest BCUT2D eigenvalue weighted by molar-refractivity contribution is 0.420. The van der Waals surface area contributed by atoms with Gasteiger partial charge in [0, 0.05) is 26.3 Å². The van der Waals surface area contributed by atoms with E-state index in [-0.39, 0.29) is 0 Å². The number of anilines is 1. The predicted molar refractivity (Wildman–Crippen MR) is 72.6 cm³/mol. The van der Waals surface area contributed by atoms with Gasteiger partial charge in [-0.25, -0.2) is 4.98 Å². The molecule has 1 unspecified atom stereocenters. The van der Waals surface area contributed by atoms with E-state index < -0.39 is 0 Å². The SMILES string of the molecule is Cn1cnc(-c2nc(N3CCCC(CN)C3)n[nH]2)c1. The lowest BCUT2D eigenvalue weighted by Gasteiger charge is -2.31. The second-order valence-electron chi connectivity index (χ2n) is 5.10. The van der Waals surface area contributed by atoms with E-state index in [9.17, 15) is 0 Å². The fraction of sp³-hybridized carbons (Fsp3) is 0.583. The number of nitrogens with one attached hydrogen (secondary N) is 1. The average molecular weight is 261 g/mol. The topological polar surface area (TPSA) is 88.7 Å². The van der Waals surface area contributed by atoms with Crippen LogP contribution in [0.3, 0.4) is 0 Å². The minimum absolute atomic E-state index is 0.547. The highest BCUT2D eigenvalue weighted by atomic mass is 15.4. The molecular weight excluding hydrogens is 242 g/mol. The van der Waals surface area contributed by atoms with Gasteiger partial charge in [0.1, 0.15) is 5.69 Å². The van der Waals surface area contributed by atoms with E-state index in [1.807, 2.05) is 17.8 Å². The zero-order valence-corrected chi connectivity index (χ0v) is 11.1. The van der Waals surface area contributed by atoms with Gasteiger partial charge >= 0.3 is 0 Å². The van der Waals surface area contributed by atoms with E-state index >= 15 is 0 Å². The largest absolute Gasteiger partial charge is 0.340 e. The number of piperidine rings is 1. The highest BCUT2D eigenvalue weighted by Crippen LogP contribution is 2.21. The molecule has 3 heterocycles. The molecule has 1 fully saturated rings. The second-order valence-corrected chi connectivity index (χ2v) is 5.10. The minimum atomic E-state index is 0.547. The molecule has 0 aromatic carbocycles. The maximum Gasteiger partial charge on any atom is 0.245 e. The lowest BCUT2D eigenvalue weighted by atomic mass is 9.99. The summed E-state index contributed by atoms with van der Waals surface area (Å²) in [6.07, 6.45) is 6.02. The molecule has 1 atom stereocenters. The third-order valence-electron chi connectivity index (χ3n) is 3.56. The predicted octanol–water partition coefficient (Wildman–Crippen LogP) is 0.380. The maximum atomic E-state index is 5.75. The van der Waals surface area contributed by atoms with E-state index in [1.54, 1.807) is 6.33 Å². The van der Waals surface area contributed by atoms with Crippen molar-refractivity contribution in [2.45, 2.75) is 12.8 Å². The minimum Gasteiger partial charge on any atom is -0.340 e. The monoisotopic (exact) mass is 261 g/mol. The molecule has 0 aliphatic carbocycles. The summed E-state index contributed by atoms with van der Waals surface area (Å²) in [5.74, 6) is 2.01. The number of aromatic amines is 1. The zero-order chi connectivity index (χ0) is 13.2. The van der Waals surface area contributed by atoms with Crippen molar-refractivity contribution in [3.05, 3.63) is 12.5 Å². The first kappa shape index (κ1) is 12.2. The van der Waals surface area contributed by atoms with Crippen LogP contribution in [0, 0.1) is 5.92 Å². The lowest BCUT2D eigenvalue weighted by Crippen LogP contribution is -2.38.